The zero-order chi connectivity index (χ0) is 16.8. The van der Waals surface area contributed by atoms with Gasteiger partial charge in [0.1, 0.15) is 0 Å². The molecule has 0 spiro atoms. The molecule has 1 amide bonds. The highest BCUT2D eigenvalue weighted by Gasteiger charge is 2.22. The fraction of sp³-hybridized carbons (Fsp3) is 0.579. The Morgan fingerprint density at radius 2 is 2.00 bits per heavy atom. The van der Waals surface area contributed by atoms with E-state index in [1.807, 2.05) is 4.90 Å². The molecule has 0 aliphatic carbocycles. The van der Waals surface area contributed by atoms with Crippen molar-refractivity contribution in [1.82, 2.24) is 4.90 Å². The number of carboxylic acids is 1. The van der Waals surface area contributed by atoms with Crippen LogP contribution in [0.2, 0.25) is 0 Å². The second-order valence-electron chi connectivity index (χ2n) is 6.71. The largest absolute Gasteiger partial charge is 0.481 e. The van der Waals surface area contributed by atoms with Crippen LogP contribution < -0.4 is 0 Å². The standard InChI is InChI=1S/C19H27NO3/c1-14-5-6-17(15(2)12-14)7-8-18(21)20-10-3-4-16(9-11-20)13-19(22)23/h5-6,12,16H,3-4,7-11,13H2,1-2H3,(H,22,23)/t16-/m0/s1. The van der Waals surface area contributed by atoms with E-state index in [1.165, 1.54) is 16.7 Å². The second kappa shape index (κ2) is 8.14. The lowest BCUT2D eigenvalue weighted by Gasteiger charge is -2.21. The van der Waals surface area contributed by atoms with Crippen molar-refractivity contribution in [2.75, 3.05) is 13.1 Å². The lowest BCUT2D eigenvalue weighted by molar-refractivity contribution is -0.138. The third kappa shape index (κ3) is 5.38. The molecule has 23 heavy (non-hydrogen) atoms. The number of aryl methyl sites for hydroxylation is 3. The fourth-order valence-corrected chi connectivity index (χ4v) is 3.39. The highest BCUT2D eigenvalue weighted by molar-refractivity contribution is 5.76. The maximum atomic E-state index is 12.4. The van der Waals surface area contributed by atoms with Crippen LogP contribution in [0.3, 0.4) is 0 Å². The summed E-state index contributed by atoms with van der Waals surface area (Å²) in [6.45, 7) is 5.63. The van der Waals surface area contributed by atoms with Crippen LogP contribution >= 0.6 is 0 Å². The van der Waals surface area contributed by atoms with Gasteiger partial charge in [0.25, 0.3) is 0 Å². The van der Waals surface area contributed by atoms with Crippen LogP contribution in [0.1, 0.15) is 48.8 Å². The van der Waals surface area contributed by atoms with Gasteiger partial charge in [-0.3, -0.25) is 9.59 Å². The molecule has 1 N–H and O–H groups in total. The van der Waals surface area contributed by atoms with Gasteiger partial charge in [-0.1, -0.05) is 23.8 Å². The molecule has 1 aliphatic rings. The number of nitrogens with zero attached hydrogens (tertiary/aromatic N) is 1. The Labute approximate surface area is 138 Å². The summed E-state index contributed by atoms with van der Waals surface area (Å²) in [7, 11) is 0. The van der Waals surface area contributed by atoms with Crippen molar-refractivity contribution < 1.29 is 14.7 Å². The SMILES string of the molecule is Cc1ccc(CCC(=O)N2CCC[C@H](CC(=O)O)CC2)c(C)c1. The Hall–Kier alpha value is -1.84. The molecule has 0 bridgehead atoms. The fourth-order valence-electron chi connectivity index (χ4n) is 3.39. The first-order valence-electron chi connectivity index (χ1n) is 8.51. The number of carbonyl (C=O) groups is 2. The number of carboxylic acid groups (broad SMARTS) is 1. The number of likely N-dealkylation sites (tertiary alicyclic amines) is 1. The number of hydrogen-bond acceptors (Lipinski definition) is 2. The normalized spacial score (nSPS) is 18.5. The first-order chi connectivity index (χ1) is 11.0. The monoisotopic (exact) mass is 317 g/mol. The van der Waals surface area contributed by atoms with Crippen LogP contribution in [0.4, 0.5) is 0 Å². The van der Waals surface area contributed by atoms with E-state index in [1.54, 1.807) is 0 Å². The average Bonchev–Trinajstić information content (AvgIpc) is 2.71. The minimum absolute atomic E-state index is 0.195. The summed E-state index contributed by atoms with van der Waals surface area (Å²) in [5.74, 6) is -0.324. The second-order valence-corrected chi connectivity index (χ2v) is 6.71. The Bertz CT molecular complexity index is 568. The molecule has 0 aromatic heterocycles. The van der Waals surface area contributed by atoms with Gasteiger partial charge in [-0.25, -0.2) is 0 Å². The topological polar surface area (TPSA) is 57.6 Å². The van der Waals surface area contributed by atoms with E-state index in [0.717, 1.165) is 32.2 Å². The van der Waals surface area contributed by atoms with Gasteiger partial charge < -0.3 is 10.0 Å². The molecule has 0 radical (unpaired) electrons. The zero-order valence-corrected chi connectivity index (χ0v) is 14.2. The molecule has 0 unspecified atom stereocenters. The van der Waals surface area contributed by atoms with Crippen molar-refractivity contribution in [3.8, 4) is 0 Å². The van der Waals surface area contributed by atoms with Crippen molar-refractivity contribution in [1.29, 1.82) is 0 Å². The van der Waals surface area contributed by atoms with Gasteiger partial charge in [0.05, 0.1) is 0 Å². The van der Waals surface area contributed by atoms with Crippen molar-refractivity contribution in [3.05, 3.63) is 34.9 Å². The highest BCUT2D eigenvalue weighted by Crippen LogP contribution is 2.21. The third-order valence-corrected chi connectivity index (χ3v) is 4.77. The number of aliphatic carboxylic acids is 1. The third-order valence-electron chi connectivity index (χ3n) is 4.77. The number of rotatable bonds is 5. The van der Waals surface area contributed by atoms with Crippen LogP contribution in [-0.2, 0) is 16.0 Å². The van der Waals surface area contributed by atoms with E-state index in [9.17, 15) is 9.59 Å². The molecule has 4 nitrogen and oxygen atoms in total. The average molecular weight is 317 g/mol. The number of hydrogen-bond donors (Lipinski definition) is 1. The summed E-state index contributed by atoms with van der Waals surface area (Å²) >= 11 is 0. The molecule has 1 fully saturated rings. The smallest absolute Gasteiger partial charge is 0.303 e. The van der Waals surface area contributed by atoms with Crippen molar-refractivity contribution in [3.63, 3.8) is 0 Å². The predicted octanol–water partition coefficient (Wildman–Crippen LogP) is 3.34. The lowest BCUT2D eigenvalue weighted by Crippen LogP contribution is -2.32. The van der Waals surface area contributed by atoms with Crippen LogP contribution in [0.25, 0.3) is 0 Å². The molecule has 1 aliphatic heterocycles. The van der Waals surface area contributed by atoms with E-state index in [0.29, 0.717) is 13.0 Å². The van der Waals surface area contributed by atoms with Gasteiger partial charge in [0.2, 0.25) is 5.91 Å². The Balaban J connectivity index is 1.84. The predicted molar refractivity (Wildman–Crippen MR) is 90.4 cm³/mol. The summed E-state index contributed by atoms with van der Waals surface area (Å²) in [4.78, 5) is 25.2. The first-order valence-corrected chi connectivity index (χ1v) is 8.51. The van der Waals surface area contributed by atoms with E-state index in [2.05, 4.69) is 32.0 Å². The Morgan fingerprint density at radius 3 is 2.70 bits per heavy atom. The minimum atomic E-state index is -0.732. The maximum Gasteiger partial charge on any atom is 0.303 e. The number of benzene rings is 1. The number of amides is 1. The quantitative estimate of drug-likeness (QED) is 0.906. The Kier molecular flexibility index (Phi) is 6.20. The van der Waals surface area contributed by atoms with E-state index >= 15 is 0 Å². The molecule has 126 valence electrons. The summed E-state index contributed by atoms with van der Waals surface area (Å²) < 4.78 is 0. The zero-order valence-electron chi connectivity index (χ0n) is 14.2. The Morgan fingerprint density at radius 1 is 1.22 bits per heavy atom. The summed E-state index contributed by atoms with van der Waals surface area (Å²) in [6, 6.07) is 6.36. The van der Waals surface area contributed by atoms with Gasteiger partial charge in [-0.2, -0.15) is 0 Å². The van der Waals surface area contributed by atoms with E-state index < -0.39 is 5.97 Å². The maximum absolute atomic E-state index is 12.4. The molecular weight excluding hydrogens is 290 g/mol. The van der Waals surface area contributed by atoms with Gasteiger partial charge in [0.15, 0.2) is 0 Å². The van der Waals surface area contributed by atoms with Gasteiger partial charge in [0, 0.05) is 25.9 Å². The molecule has 1 heterocycles. The molecular formula is C19H27NO3. The summed E-state index contributed by atoms with van der Waals surface area (Å²) in [5, 5.41) is 8.91. The highest BCUT2D eigenvalue weighted by atomic mass is 16.4. The molecule has 2 rings (SSSR count). The van der Waals surface area contributed by atoms with Crippen LogP contribution in [0, 0.1) is 19.8 Å². The van der Waals surface area contributed by atoms with Crippen LogP contribution in [0.5, 0.6) is 0 Å². The van der Waals surface area contributed by atoms with Gasteiger partial charge in [-0.05, 0) is 56.6 Å². The molecule has 1 aromatic carbocycles. The van der Waals surface area contributed by atoms with Crippen molar-refractivity contribution >= 4 is 11.9 Å². The van der Waals surface area contributed by atoms with E-state index in [-0.39, 0.29) is 18.2 Å². The van der Waals surface area contributed by atoms with Gasteiger partial charge >= 0.3 is 5.97 Å². The number of carbonyl (C=O) groups excluding carboxylic acids is 1. The molecule has 1 aromatic rings. The first kappa shape index (κ1) is 17.5. The van der Waals surface area contributed by atoms with E-state index in [4.69, 9.17) is 5.11 Å². The molecule has 1 atom stereocenters. The molecule has 0 saturated carbocycles. The molecule has 4 heteroatoms. The summed E-state index contributed by atoms with van der Waals surface area (Å²) in [5.41, 5.74) is 3.73. The van der Waals surface area contributed by atoms with Crippen LogP contribution in [-0.4, -0.2) is 35.0 Å². The van der Waals surface area contributed by atoms with Crippen molar-refractivity contribution in [2.45, 2.75) is 52.4 Å². The minimum Gasteiger partial charge on any atom is -0.481 e. The molecule has 1 saturated heterocycles. The lowest BCUT2D eigenvalue weighted by atomic mass is 9.97. The summed E-state index contributed by atoms with van der Waals surface area (Å²) in [6.07, 6.45) is 4.17. The van der Waals surface area contributed by atoms with Crippen molar-refractivity contribution in [2.24, 2.45) is 5.92 Å². The van der Waals surface area contributed by atoms with Gasteiger partial charge in [-0.15, -0.1) is 0 Å². The van der Waals surface area contributed by atoms with Crippen LogP contribution in [0.15, 0.2) is 18.2 Å².